The number of halogens is 1. The van der Waals surface area contributed by atoms with Gasteiger partial charge < -0.3 is 5.73 Å². The van der Waals surface area contributed by atoms with Gasteiger partial charge in [-0.05, 0) is 19.4 Å². The van der Waals surface area contributed by atoms with Gasteiger partial charge in [-0.3, -0.25) is 5.32 Å². The van der Waals surface area contributed by atoms with Crippen LogP contribution >= 0.6 is 0 Å². The van der Waals surface area contributed by atoms with E-state index in [1.54, 1.807) is 0 Å². The molecule has 1 aliphatic heterocycles. The Hall–Kier alpha value is -0.150. The molecule has 0 aromatic heterocycles. The minimum absolute atomic E-state index is 0.274. The van der Waals surface area contributed by atoms with E-state index in [0.717, 1.165) is 19.4 Å². The predicted molar refractivity (Wildman–Crippen MR) is 30.1 cm³/mol. The van der Waals surface area contributed by atoms with E-state index in [9.17, 15) is 4.39 Å². The summed E-state index contributed by atoms with van der Waals surface area (Å²) in [5.41, 5.74) is 5.34. The topological polar surface area (TPSA) is 38.0 Å². The Morgan fingerprint density at radius 1 is 1.62 bits per heavy atom. The molecule has 0 bridgehead atoms. The van der Waals surface area contributed by atoms with Gasteiger partial charge in [-0.15, -0.1) is 0 Å². The van der Waals surface area contributed by atoms with Crippen molar-refractivity contribution in [1.29, 1.82) is 0 Å². The fourth-order valence-electron chi connectivity index (χ4n) is 0.875. The summed E-state index contributed by atoms with van der Waals surface area (Å²) in [5, 5.41) is 2.64. The maximum atomic E-state index is 12.3. The van der Waals surface area contributed by atoms with Gasteiger partial charge >= 0.3 is 0 Å². The molecule has 1 fully saturated rings. The van der Waals surface area contributed by atoms with Gasteiger partial charge in [0.25, 0.3) is 0 Å². The van der Waals surface area contributed by atoms with Gasteiger partial charge in [0.05, 0.1) is 0 Å². The lowest BCUT2D eigenvalue weighted by atomic mass is 10.1. The molecular formula is C5H11FN2. The third-order valence-electron chi connectivity index (χ3n) is 1.43. The Labute approximate surface area is 48.2 Å². The average molecular weight is 118 g/mol. The minimum Gasteiger partial charge on any atom is -0.324 e. The van der Waals surface area contributed by atoms with E-state index in [2.05, 4.69) is 5.32 Å². The van der Waals surface area contributed by atoms with Gasteiger partial charge in [0.1, 0.15) is 0 Å². The summed E-state index contributed by atoms with van der Waals surface area (Å²) in [4.78, 5) is 0. The van der Waals surface area contributed by atoms with Crippen molar-refractivity contribution in [1.82, 2.24) is 5.32 Å². The fraction of sp³-hybridized carbons (Fsp3) is 1.00. The van der Waals surface area contributed by atoms with Crippen LogP contribution in [0.2, 0.25) is 0 Å². The van der Waals surface area contributed by atoms with Gasteiger partial charge in [0, 0.05) is 6.04 Å². The van der Waals surface area contributed by atoms with Crippen LogP contribution in [0, 0.1) is 0 Å². The lowest BCUT2D eigenvalue weighted by molar-refractivity contribution is 0.192. The monoisotopic (exact) mass is 118 g/mol. The number of hydrogen-bond acceptors (Lipinski definition) is 2. The third kappa shape index (κ3) is 1.17. The first kappa shape index (κ1) is 5.98. The van der Waals surface area contributed by atoms with Crippen LogP contribution in [0.4, 0.5) is 4.39 Å². The molecule has 2 atom stereocenters. The van der Waals surface area contributed by atoms with Crippen molar-refractivity contribution in [3.05, 3.63) is 0 Å². The molecule has 0 aromatic carbocycles. The summed E-state index contributed by atoms with van der Waals surface area (Å²) in [6.45, 7) is 0.773. The molecule has 1 heterocycles. The van der Waals surface area contributed by atoms with Crippen molar-refractivity contribution in [2.24, 2.45) is 5.73 Å². The quantitative estimate of drug-likeness (QED) is 0.439. The molecule has 3 heteroatoms. The van der Waals surface area contributed by atoms with E-state index in [1.807, 2.05) is 0 Å². The zero-order valence-electron chi connectivity index (χ0n) is 4.73. The van der Waals surface area contributed by atoms with Gasteiger partial charge in [-0.1, -0.05) is 0 Å². The molecule has 2 unspecified atom stereocenters. The zero-order chi connectivity index (χ0) is 5.98. The smallest absolute Gasteiger partial charge is 0.166 e. The molecule has 48 valence electrons. The van der Waals surface area contributed by atoms with E-state index < -0.39 is 6.30 Å². The van der Waals surface area contributed by atoms with Crippen molar-refractivity contribution in [3.8, 4) is 0 Å². The molecule has 0 aliphatic carbocycles. The number of nitrogens with one attached hydrogen (secondary N) is 1. The first-order valence-electron chi connectivity index (χ1n) is 2.94. The Morgan fingerprint density at radius 2 is 2.38 bits per heavy atom. The molecule has 0 radical (unpaired) electrons. The second kappa shape index (κ2) is 2.42. The maximum Gasteiger partial charge on any atom is 0.166 e. The van der Waals surface area contributed by atoms with E-state index in [4.69, 9.17) is 5.73 Å². The number of rotatable bonds is 0. The molecule has 1 saturated heterocycles. The SMILES string of the molecule is NC1CCCNC1F. The summed E-state index contributed by atoms with van der Waals surface area (Å²) in [6, 6.07) is -0.274. The van der Waals surface area contributed by atoms with Crippen LogP contribution in [0.1, 0.15) is 12.8 Å². The van der Waals surface area contributed by atoms with E-state index in [1.165, 1.54) is 0 Å². The molecule has 8 heavy (non-hydrogen) atoms. The summed E-state index contributed by atoms with van der Waals surface area (Å²) in [7, 11) is 0. The molecule has 1 aliphatic rings. The van der Waals surface area contributed by atoms with Gasteiger partial charge in [0.15, 0.2) is 6.30 Å². The number of nitrogens with two attached hydrogens (primary N) is 1. The van der Waals surface area contributed by atoms with Gasteiger partial charge in [-0.2, -0.15) is 0 Å². The summed E-state index contributed by atoms with van der Waals surface area (Å²) in [5.74, 6) is 0. The first-order valence-corrected chi connectivity index (χ1v) is 2.94. The highest BCUT2D eigenvalue weighted by atomic mass is 19.1. The Kier molecular flexibility index (Phi) is 1.81. The van der Waals surface area contributed by atoms with E-state index >= 15 is 0 Å². The second-order valence-corrected chi connectivity index (χ2v) is 2.16. The zero-order valence-corrected chi connectivity index (χ0v) is 4.73. The first-order chi connectivity index (χ1) is 3.80. The molecular weight excluding hydrogens is 107 g/mol. The van der Waals surface area contributed by atoms with Gasteiger partial charge in [0.2, 0.25) is 0 Å². The van der Waals surface area contributed by atoms with Crippen molar-refractivity contribution < 1.29 is 4.39 Å². The molecule has 0 aromatic rings. The van der Waals surface area contributed by atoms with Crippen molar-refractivity contribution in [2.75, 3.05) is 6.54 Å². The molecule has 3 N–H and O–H groups in total. The van der Waals surface area contributed by atoms with E-state index in [0.29, 0.717) is 0 Å². The largest absolute Gasteiger partial charge is 0.324 e. The molecule has 0 amide bonds. The van der Waals surface area contributed by atoms with Crippen molar-refractivity contribution in [3.63, 3.8) is 0 Å². The Bertz CT molecular complexity index is 66.8. The lowest BCUT2D eigenvalue weighted by Crippen LogP contribution is -2.46. The average Bonchev–Trinajstić information content (AvgIpc) is 1.77. The van der Waals surface area contributed by atoms with Crippen molar-refractivity contribution in [2.45, 2.75) is 25.2 Å². The summed E-state index contributed by atoms with van der Waals surface area (Å²) in [6.07, 6.45) is 0.846. The van der Waals surface area contributed by atoms with Crippen LogP contribution in [-0.2, 0) is 0 Å². The molecule has 1 rings (SSSR count). The van der Waals surface area contributed by atoms with Crippen LogP contribution in [0.15, 0.2) is 0 Å². The molecule has 0 spiro atoms. The Morgan fingerprint density at radius 3 is 2.75 bits per heavy atom. The standard InChI is InChI=1S/C5H11FN2/c6-5-4(7)2-1-3-8-5/h4-5,8H,1-3,7H2. The van der Waals surface area contributed by atoms with Crippen LogP contribution < -0.4 is 11.1 Å². The second-order valence-electron chi connectivity index (χ2n) is 2.16. The Balaban J connectivity index is 2.28. The fourth-order valence-corrected chi connectivity index (χ4v) is 0.875. The third-order valence-corrected chi connectivity index (χ3v) is 1.43. The lowest BCUT2D eigenvalue weighted by Gasteiger charge is -2.22. The highest BCUT2D eigenvalue weighted by Crippen LogP contribution is 2.05. The predicted octanol–water partition coefficient (Wildman–Crippen LogP) is -0.00730. The number of alkyl halides is 1. The minimum atomic E-state index is -0.969. The van der Waals surface area contributed by atoms with Crippen LogP contribution in [0.5, 0.6) is 0 Å². The van der Waals surface area contributed by atoms with Crippen molar-refractivity contribution >= 4 is 0 Å². The molecule has 2 nitrogen and oxygen atoms in total. The highest BCUT2D eigenvalue weighted by Gasteiger charge is 2.19. The highest BCUT2D eigenvalue weighted by molar-refractivity contribution is 4.75. The van der Waals surface area contributed by atoms with Crippen LogP contribution in [-0.4, -0.2) is 18.9 Å². The summed E-state index contributed by atoms with van der Waals surface area (Å²) >= 11 is 0. The van der Waals surface area contributed by atoms with Crippen LogP contribution in [0.25, 0.3) is 0 Å². The summed E-state index contributed by atoms with van der Waals surface area (Å²) < 4.78 is 12.3. The van der Waals surface area contributed by atoms with Gasteiger partial charge in [-0.25, -0.2) is 4.39 Å². The number of hydrogen-bond donors (Lipinski definition) is 2. The maximum absolute atomic E-state index is 12.3. The van der Waals surface area contributed by atoms with Crippen LogP contribution in [0.3, 0.4) is 0 Å². The molecule has 0 saturated carbocycles. The number of piperidine rings is 1. The van der Waals surface area contributed by atoms with E-state index in [-0.39, 0.29) is 6.04 Å². The normalized spacial score (nSPS) is 39.8.